The van der Waals surface area contributed by atoms with E-state index in [0.29, 0.717) is 0 Å². The van der Waals surface area contributed by atoms with Crippen molar-refractivity contribution in [3.63, 3.8) is 0 Å². The zero-order chi connectivity index (χ0) is 33.5. The van der Waals surface area contributed by atoms with Crippen LogP contribution in [0.3, 0.4) is 0 Å². The summed E-state index contributed by atoms with van der Waals surface area (Å²) in [7, 11) is 0. The van der Waals surface area contributed by atoms with Crippen molar-refractivity contribution in [3.8, 4) is 11.6 Å². The van der Waals surface area contributed by atoms with E-state index in [1.54, 1.807) is 12.1 Å². The van der Waals surface area contributed by atoms with E-state index in [1.807, 2.05) is 0 Å². The first-order valence-corrected chi connectivity index (χ1v) is 15.1. The third-order valence-corrected chi connectivity index (χ3v) is 8.95. The molecule has 1 fully saturated rings. The zero-order valence-electron chi connectivity index (χ0n) is 23.9. The first-order valence-electron chi connectivity index (χ1n) is 13.2. The molecule has 0 radical (unpaired) electrons. The van der Waals surface area contributed by atoms with Gasteiger partial charge >= 0.3 is 11.9 Å². The number of β-lactam (4-membered cyclic amide) rings is 1. The molecule has 0 aliphatic carbocycles. The fourth-order valence-corrected chi connectivity index (χ4v) is 6.42. The number of oxime groups is 1. The number of amides is 3. The highest BCUT2D eigenvalue weighted by atomic mass is 32.2. The molecule has 3 amide bonds. The highest BCUT2D eigenvalue weighted by Crippen LogP contribution is 2.40. The van der Waals surface area contributed by atoms with Gasteiger partial charge in [-0.25, -0.2) is 19.6 Å². The molecule has 8 N–H and O–H groups in total. The van der Waals surface area contributed by atoms with Crippen molar-refractivity contribution >= 4 is 74.5 Å². The number of nitrogens with two attached hydrogens (primary N) is 1. The minimum absolute atomic E-state index is 0.0356. The van der Waals surface area contributed by atoms with Crippen LogP contribution in [0.4, 0.5) is 5.13 Å². The van der Waals surface area contributed by atoms with E-state index in [9.17, 15) is 44.4 Å². The summed E-state index contributed by atoms with van der Waals surface area (Å²) in [5, 5.41) is 49.3. The predicted octanol–water partition coefficient (Wildman–Crippen LogP) is 0.437. The van der Waals surface area contributed by atoms with Crippen LogP contribution in [0.1, 0.15) is 29.9 Å². The number of benzene rings is 1. The summed E-state index contributed by atoms with van der Waals surface area (Å²) in [6.45, 7) is 2.10. The lowest BCUT2D eigenvalue weighted by Gasteiger charge is -2.49. The number of anilines is 1. The number of rotatable bonds is 10. The predicted molar refractivity (Wildman–Crippen MR) is 163 cm³/mol. The number of aromatic hydroxyl groups is 2. The molecular formula is C27H25N7O10S2. The molecule has 46 heavy (non-hydrogen) atoms. The molecule has 2 aromatic heterocycles. The van der Waals surface area contributed by atoms with E-state index in [4.69, 9.17) is 10.6 Å². The number of carboxylic acids is 2. The van der Waals surface area contributed by atoms with Crippen LogP contribution < -0.4 is 16.4 Å². The number of aromatic nitrogens is 2. The largest absolute Gasteiger partial charge is 0.503 e. The Bertz CT molecular complexity index is 1870. The number of carbonyl (C=O) groups is 5. The van der Waals surface area contributed by atoms with Crippen molar-refractivity contribution < 1.29 is 49.2 Å². The van der Waals surface area contributed by atoms with Gasteiger partial charge in [-0.15, -0.1) is 23.1 Å². The van der Waals surface area contributed by atoms with Gasteiger partial charge < -0.3 is 41.6 Å². The fourth-order valence-electron chi connectivity index (χ4n) is 4.52. The van der Waals surface area contributed by atoms with Crippen LogP contribution in [0.5, 0.6) is 11.6 Å². The summed E-state index contributed by atoms with van der Waals surface area (Å²) in [4.78, 5) is 77.2. The van der Waals surface area contributed by atoms with Crippen molar-refractivity contribution in [1.29, 1.82) is 0 Å². The second kappa shape index (κ2) is 12.2. The van der Waals surface area contributed by atoms with Crippen LogP contribution in [-0.2, 0) is 24.0 Å². The van der Waals surface area contributed by atoms with E-state index in [-0.39, 0.29) is 50.9 Å². The van der Waals surface area contributed by atoms with Gasteiger partial charge in [-0.2, -0.15) is 0 Å². The number of para-hydroxylation sites is 1. The molecule has 2 aliphatic heterocycles. The van der Waals surface area contributed by atoms with Crippen molar-refractivity contribution in [1.82, 2.24) is 25.5 Å². The SMILES string of the molecule is CC(C)(O/N=C(\C(=O)NC1C(=O)N2C(C(=O)O)=C(CNC(=O)c3c(O)c(O)nc4ccccc34)CS[C@@H]12)c1csc(N)n1)C(=O)O. The molecule has 0 bridgehead atoms. The van der Waals surface area contributed by atoms with Gasteiger partial charge in [0.2, 0.25) is 5.60 Å². The summed E-state index contributed by atoms with van der Waals surface area (Å²) < 4.78 is 0. The topological polar surface area (TPSA) is 267 Å². The second-order valence-corrected chi connectivity index (χ2v) is 12.4. The Morgan fingerprint density at radius 1 is 1.17 bits per heavy atom. The number of nitrogens with zero attached hydrogens (tertiary/aromatic N) is 4. The normalized spacial score (nSPS) is 18.1. The minimum Gasteiger partial charge on any atom is -0.503 e. The molecule has 17 nitrogen and oxygen atoms in total. The fraction of sp³-hybridized carbons (Fsp3) is 0.259. The van der Waals surface area contributed by atoms with E-state index in [2.05, 4.69) is 25.8 Å². The minimum atomic E-state index is -1.81. The van der Waals surface area contributed by atoms with Crippen molar-refractivity contribution in [2.45, 2.75) is 30.9 Å². The van der Waals surface area contributed by atoms with Crippen LogP contribution in [0.25, 0.3) is 10.9 Å². The Labute approximate surface area is 266 Å². The van der Waals surface area contributed by atoms with Gasteiger partial charge in [0.1, 0.15) is 22.8 Å². The quantitative estimate of drug-likeness (QED) is 0.0876. The number of nitrogen functional groups attached to an aromatic ring is 1. The molecule has 1 unspecified atom stereocenters. The molecule has 240 valence electrons. The highest BCUT2D eigenvalue weighted by Gasteiger charge is 2.54. The lowest BCUT2D eigenvalue weighted by Crippen LogP contribution is -2.71. The number of thioether (sulfide) groups is 1. The Balaban J connectivity index is 1.34. The first-order chi connectivity index (χ1) is 21.7. The molecule has 3 aromatic rings. The van der Waals surface area contributed by atoms with Gasteiger partial charge in [-0.3, -0.25) is 19.3 Å². The number of aliphatic carboxylic acids is 2. The van der Waals surface area contributed by atoms with Crippen LogP contribution in [0.2, 0.25) is 0 Å². The number of thiazole rings is 1. The molecule has 0 spiro atoms. The maximum atomic E-state index is 13.3. The highest BCUT2D eigenvalue weighted by molar-refractivity contribution is 8.00. The summed E-state index contributed by atoms with van der Waals surface area (Å²) in [6.07, 6.45) is 0. The number of hydrogen-bond donors (Lipinski definition) is 7. The van der Waals surface area contributed by atoms with Gasteiger partial charge in [-0.1, -0.05) is 23.4 Å². The number of pyridine rings is 1. The molecular weight excluding hydrogens is 646 g/mol. The molecule has 4 heterocycles. The Morgan fingerprint density at radius 2 is 1.89 bits per heavy atom. The maximum absolute atomic E-state index is 13.3. The standard InChI is InChI=1S/C27H25N7O10S2/c1-27(2,25(42)43)44-33-15(13-9-46-26(28)31-13)20(37)32-16-22(39)34-17(24(40)41)10(8-45-23(16)34)7-29-19(36)14-11-5-3-4-6-12(11)30-21(38)18(14)35/h3-6,9,16,23,35H,7-8H2,1-2H3,(H2,28,31)(H,29,36)(H,30,38)(H,32,37)(H,40,41)(H,42,43)/b33-15-/t16?,23-/m0/s1. The number of carboxylic acid groups (broad SMARTS) is 2. The Morgan fingerprint density at radius 3 is 2.54 bits per heavy atom. The number of nitrogens with one attached hydrogen (secondary N) is 2. The van der Waals surface area contributed by atoms with Crippen LogP contribution >= 0.6 is 23.1 Å². The number of carbonyl (C=O) groups excluding carboxylic acids is 3. The summed E-state index contributed by atoms with van der Waals surface area (Å²) in [6, 6.07) is 5.09. The lowest BCUT2D eigenvalue weighted by atomic mass is 10.0. The summed E-state index contributed by atoms with van der Waals surface area (Å²) in [5.41, 5.74) is 3.13. The Hall–Kier alpha value is -5.43. The Kier molecular flexibility index (Phi) is 8.46. The van der Waals surface area contributed by atoms with Crippen molar-refractivity contribution in [2.75, 3.05) is 18.0 Å². The summed E-state index contributed by atoms with van der Waals surface area (Å²) >= 11 is 2.10. The zero-order valence-corrected chi connectivity index (χ0v) is 25.5. The van der Waals surface area contributed by atoms with Gasteiger partial charge in [-0.05, 0) is 25.5 Å². The maximum Gasteiger partial charge on any atom is 0.352 e. The third kappa shape index (κ3) is 5.84. The lowest BCUT2D eigenvalue weighted by molar-refractivity contribution is -0.161. The smallest absolute Gasteiger partial charge is 0.352 e. The van der Waals surface area contributed by atoms with Crippen LogP contribution in [0, 0.1) is 0 Å². The average molecular weight is 672 g/mol. The molecule has 2 atom stereocenters. The van der Waals surface area contributed by atoms with Gasteiger partial charge in [0.05, 0.1) is 11.1 Å². The molecule has 1 aromatic carbocycles. The van der Waals surface area contributed by atoms with E-state index in [1.165, 1.54) is 31.4 Å². The summed E-state index contributed by atoms with van der Waals surface area (Å²) in [5.74, 6) is -6.81. The number of hydrogen-bond acceptors (Lipinski definition) is 14. The molecule has 2 aliphatic rings. The second-order valence-electron chi connectivity index (χ2n) is 10.4. The van der Waals surface area contributed by atoms with Crippen LogP contribution in [-0.4, -0.2) is 100.0 Å². The van der Waals surface area contributed by atoms with Crippen LogP contribution in [0.15, 0.2) is 46.1 Å². The van der Waals surface area contributed by atoms with Crippen molar-refractivity contribution in [3.05, 3.63) is 52.2 Å². The third-order valence-electron chi connectivity index (χ3n) is 6.93. The van der Waals surface area contributed by atoms with Crippen molar-refractivity contribution in [2.24, 2.45) is 5.16 Å². The van der Waals surface area contributed by atoms with E-state index in [0.717, 1.165) is 28.0 Å². The molecule has 0 saturated carbocycles. The van der Waals surface area contributed by atoms with Gasteiger partial charge in [0.15, 0.2) is 16.6 Å². The van der Waals surface area contributed by atoms with Gasteiger partial charge in [0, 0.05) is 23.1 Å². The molecule has 19 heteroatoms. The van der Waals surface area contributed by atoms with E-state index < -0.39 is 64.0 Å². The first kappa shape index (κ1) is 32.0. The van der Waals surface area contributed by atoms with E-state index >= 15 is 0 Å². The monoisotopic (exact) mass is 671 g/mol. The average Bonchev–Trinajstić information content (AvgIpc) is 3.44. The number of fused-ring (bicyclic) bond motifs is 2. The molecule has 5 rings (SSSR count). The van der Waals surface area contributed by atoms with Gasteiger partial charge in [0.25, 0.3) is 23.6 Å². The molecule has 1 saturated heterocycles.